The highest BCUT2D eigenvalue weighted by atomic mass is 16.7. The first-order chi connectivity index (χ1) is 14.7. The van der Waals surface area contributed by atoms with Gasteiger partial charge in [-0.25, -0.2) is 0 Å². The summed E-state index contributed by atoms with van der Waals surface area (Å²) in [7, 11) is 0. The van der Waals surface area contributed by atoms with Crippen LogP contribution in [0.2, 0.25) is 0 Å². The maximum atomic E-state index is 12.1. The van der Waals surface area contributed by atoms with Crippen LogP contribution >= 0.6 is 0 Å². The predicted octanol–water partition coefficient (Wildman–Crippen LogP) is -4.75. The normalized spacial score (nSPS) is 41.2. The van der Waals surface area contributed by atoms with Gasteiger partial charge in [0.1, 0.15) is 48.8 Å². The molecular formula is C18H34N2O11. The van der Waals surface area contributed by atoms with Gasteiger partial charge in [-0.1, -0.05) is 6.42 Å². The van der Waals surface area contributed by atoms with Gasteiger partial charge in [-0.15, -0.1) is 0 Å². The zero-order chi connectivity index (χ0) is 23.1. The maximum absolute atomic E-state index is 12.1. The minimum atomic E-state index is -1.74. The molecule has 13 heteroatoms. The number of aliphatic hydroxyl groups excluding tert-OH is 7. The molecule has 182 valence electrons. The first kappa shape index (κ1) is 26.3. The second-order valence-electron chi connectivity index (χ2n) is 7.72. The maximum Gasteiger partial charge on any atom is 0.222 e. The third kappa shape index (κ3) is 6.52. The summed E-state index contributed by atoms with van der Waals surface area (Å²) in [5.41, 5.74) is 5.40. The van der Waals surface area contributed by atoms with Crippen molar-refractivity contribution in [2.75, 3.05) is 19.8 Å². The number of amides is 1. The van der Waals surface area contributed by atoms with Crippen LogP contribution in [0.5, 0.6) is 0 Å². The van der Waals surface area contributed by atoms with E-state index in [9.17, 15) is 40.5 Å². The first-order valence-electron chi connectivity index (χ1n) is 10.3. The van der Waals surface area contributed by atoms with Crippen LogP contribution in [0.15, 0.2) is 0 Å². The van der Waals surface area contributed by atoms with Crippen molar-refractivity contribution >= 4 is 5.91 Å². The van der Waals surface area contributed by atoms with E-state index in [-0.39, 0.29) is 6.42 Å². The van der Waals surface area contributed by atoms with Gasteiger partial charge in [-0.3, -0.25) is 4.79 Å². The second kappa shape index (κ2) is 12.3. The van der Waals surface area contributed by atoms with Crippen LogP contribution < -0.4 is 11.1 Å². The van der Waals surface area contributed by atoms with Gasteiger partial charge in [0.2, 0.25) is 5.91 Å². The van der Waals surface area contributed by atoms with Gasteiger partial charge in [-0.05, 0) is 19.4 Å². The molecule has 0 bridgehead atoms. The Morgan fingerprint density at radius 1 is 0.839 bits per heavy atom. The monoisotopic (exact) mass is 454 g/mol. The van der Waals surface area contributed by atoms with Crippen molar-refractivity contribution in [3.63, 3.8) is 0 Å². The van der Waals surface area contributed by atoms with Gasteiger partial charge in [-0.2, -0.15) is 0 Å². The quantitative estimate of drug-likeness (QED) is 0.142. The number of hydrogen-bond acceptors (Lipinski definition) is 12. The molecule has 2 fully saturated rings. The molecule has 0 radical (unpaired) electrons. The largest absolute Gasteiger partial charge is 0.394 e. The van der Waals surface area contributed by atoms with Crippen LogP contribution in [0, 0.1) is 0 Å². The van der Waals surface area contributed by atoms with E-state index in [1.165, 1.54) is 0 Å². The first-order valence-corrected chi connectivity index (χ1v) is 10.3. The van der Waals surface area contributed by atoms with Crippen molar-refractivity contribution in [2.24, 2.45) is 5.73 Å². The Bertz CT molecular complexity index is 553. The van der Waals surface area contributed by atoms with E-state index in [4.69, 9.17) is 19.9 Å². The summed E-state index contributed by atoms with van der Waals surface area (Å²) in [5.74, 6) is -0.418. The molecule has 0 spiro atoms. The lowest BCUT2D eigenvalue weighted by molar-refractivity contribution is -0.343. The number of ether oxygens (including phenoxy) is 3. The fraction of sp³-hybridized carbons (Fsp3) is 0.944. The Morgan fingerprint density at radius 3 is 2.13 bits per heavy atom. The Labute approximate surface area is 179 Å². The molecule has 10 atom stereocenters. The van der Waals surface area contributed by atoms with Crippen LogP contribution in [0.3, 0.4) is 0 Å². The molecule has 0 aliphatic carbocycles. The Hall–Kier alpha value is -0.970. The smallest absolute Gasteiger partial charge is 0.222 e. The van der Waals surface area contributed by atoms with Gasteiger partial charge in [0.05, 0.1) is 13.2 Å². The van der Waals surface area contributed by atoms with Gasteiger partial charge in [0.25, 0.3) is 0 Å². The summed E-state index contributed by atoms with van der Waals surface area (Å²) in [6.45, 7) is -0.832. The zero-order valence-corrected chi connectivity index (χ0v) is 17.1. The molecule has 0 aromatic heterocycles. The molecule has 0 saturated carbocycles. The number of rotatable bonds is 10. The molecule has 2 aliphatic heterocycles. The molecule has 2 aliphatic rings. The molecular weight excluding hydrogens is 420 g/mol. The van der Waals surface area contributed by atoms with E-state index < -0.39 is 80.5 Å². The summed E-state index contributed by atoms with van der Waals surface area (Å²) in [6, 6.07) is 0. The lowest BCUT2D eigenvalue weighted by Gasteiger charge is -2.46. The van der Waals surface area contributed by atoms with Crippen LogP contribution in [0.4, 0.5) is 0 Å². The molecule has 31 heavy (non-hydrogen) atoms. The highest BCUT2D eigenvalue weighted by Gasteiger charge is 2.50. The van der Waals surface area contributed by atoms with Crippen molar-refractivity contribution in [3.8, 4) is 0 Å². The minimum Gasteiger partial charge on any atom is -0.394 e. The summed E-state index contributed by atoms with van der Waals surface area (Å²) < 4.78 is 16.1. The van der Waals surface area contributed by atoms with Gasteiger partial charge in [0.15, 0.2) is 12.5 Å². The summed E-state index contributed by atoms with van der Waals surface area (Å²) in [4.78, 5) is 12.1. The Balaban J connectivity index is 1.99. The van der Waals surface area contributed by atoms with E-state index in [0.29, 0.717) is 13.0 Å². The SMILES string of the molecule is NCCCCCC(=O)NC1OC(CO)C(OC2OC(CO)C(O)C(O)C2O)C(O)C1O. The molecule has 2 heterocycles. The third-order valence-corrected chi connectivity index (χ3v) is 5.42. The molecule has 0 aromatic carbocycles. The molecule has 13 nitrogen and oxygen atoms in total. The highest BCUT2D eigenvalue weighted by Crippen LogP contribution is 2.28. The molecule has 10 N–H and O–H groups in total. The van der Waals surface area contributed by atoms with Crippen molar-refractivity contribution in [1.29, 1.82) is 0 Å². The van der Waals surface area contributed by atoms with Crippen LogP contribution in [-0.4, -0.2) is 123 Å². The fourth-order valence-corrected chi connectivity index (χ4v) is 3.55. The van der Waals surface area contributed by atoms with Gasteiger partial charge < -0.3 is 61.0 Å². The highest BCUT2D eigenvalue weighted by molar-refractivity contribution is 5.76. The average molecular weight is 454 g/mol. The van der Waals surface area contributed by atoms with Crippen LogP contribution in [0.25, 0.3) is 0 Å². The zero-order valence-electron chi connectivity index (χ0n) is 17.1. The minimum absolute atomic E-state index is 0.164. The van der Waals surface area contributed by atoms with Gasteiger partial charge in [0, 0.05) is 6.42 Å². The third-order valence-electron chi connectivity index (χ3n) is 5.42. The average Bonchev–Trinajstić information content (AvgIpc) is 2.76. The molecule has 2 rings (SSSR count). The van der Waals surface area contributed by atoms with Gasteiger partial charge >= 0.3 is 0 Å². The summed E-state index contributed by atoms with van der Waals surface area (Å²) in [5, 5.41) is 72.0. The van der Waals surface area contributed by atoms with E-state index in [2.05, 4.69) is 5.32 Å². The molecule has 10 unspecified atom stereocenters. The predicted molar refractivity (Wildman–Crippen MR) is 102 cm³/mol. The number of carbonyl (C=O) groups is 1. The van der Waals surface area contributed by atoms with Crippen molar-refractivity contribution < 1.29 is 54.8 Å². The molecule has 0 aromatic rings. The van der Waals surface area contributed by atoms with E-state index in [0.717, 1.165) is 12.8 Å². The number of nitrogens with one attached hydrogen (secondary N) is 1. The molecule has 1 amide bonds. The summed E-state index contributed by atoms with van der Waals surface area (Å²) in [6.07, 6.45) is -12.9. The summed E-state index contributed by atoms with van der Waals surface area (Å²) >= 11 is 0. The topological polar surface area (TPSA) is 224 Å². The van der Waals surface area contributed by atoms with Crippen molar-refractivity contribution in [3.05, 3.63) is 0 Å². The Kier molecular flexibility index (Phi) is 10.4. The molecule has 2 saturated heterocycles. The van der Waals surface area contributed by atoms with Crippen LogP contribution in [0.1, 0.15) is 25.7 Å². The standard InChI is InChI=1S/C18H34N2O11/c19-5-3-1-2-4-10(23)20-17-14(27)13(26)16(9(7-22)29-17)31-18-15(28)12(25)11(24)8(6-21)30-18/h8-9,11-18,21-22,24-28H,1-7,19H2,(H,20,23). The number of unbranched alkanes of at least 4 members (excludes halogenated alkanes) is 2. The van der Waals surface area contributed by atoms with Crippen molar-refractivity contribution in [1.82, 2.24) is 5.32 Å². The van der Waals surface area contributed by atoms with Crippen LogP contribution in [-0.2, 0) is 19.0 Å². The Morgan fingerprint density at radius 2 is 1.52 bits per heavy atom. The van der Waals surface area contributed by atoms with E-state index in [1.807, 2.05) is 0 Å². The second-order valence-corrected chi connectivity index (χ2v) is 7.72. The lowest BCUT2D eigenvalue weighted by Crippen LogP contribution is -2.66. The number of carbonyl (C=O) groups excluding carboxylic acids is 1. The lowest BCUT2D eigenvalue weighted by atomic mass is 9.96. The van der Waals surface area contributed by atoms with E-state index in [1.54, 1.807) is 0 Å². The number of nitrogens with two attached hydrogens (primary N) is 1. The van der Waals surface area contributed by atoms with Crippen molar-refractivity contribution in [2.45, 2.75) is 87.0 Å². The fourth-order valence-electron chi connectivity index (χ4n) is 3.55. The number of hydrogen-bond donors (Lipinski definition) is 9. The van der Waals surface area contributed by atoms with E-state index >= 15 is 0 Å². The number of aliphatic hydroxyl groups is 7.